The molecule has 1 atom stereocenters. The molecule has 0 saturated carbocycles. The summed E-state index contributed by atoms with van der Waals surface area (Å²) in [4.78, 5) is 36.4. The van der Waals surface area contributed by atoms with Crippen molar-refractivity contribution < 1.29 is 24.2 Å². The molecule has 1 aliphatic heterocycles. The molecule has 1 aliphatic rings. The average molecular weight is 346 g/mol. The number of hydrogen-bond donors (Lipinski definition) is 1. The van der Waals surface area contributed by atoms with Crippen LogP contribution < -0.4 is 4.48 Å². The van der Waals surface area contributed by atoms with E-state index in [1.54, 1.807) is 52.0 Å². The molecule has 0 saturated heterocycles. The first-order valence-electron chi connectivity index (χ1n) is 8.18. The molecular formula is C19H24NO5+. The maximum absolute atomic E-state index is 12.3. The first-order valence-corrected chi connectivity index (χ1v) is 8.18. The number of quaternary nitrogens is 1. The molecule has 0 aromatic heterocycles. The number of hydrogen-bond acceptors (Lipinski definition) is 4. The number of carbonyl (C=O) groups is 3. The number of ketones is 1. The Bertz CT molecular complexity index is 773. The van der Waals surface area contributed by atoms with E-state index in [1.807, 2.05) is 0 Å². The Kier molecular flexibility index (Phi) is 4.86. The van der Waals surface area contributed by atoms with Crippen molar-refractivity contribution >= 4 is 29.6 Å². The van der Waals surface area contributed by atoms with E-state index in [1.165, 1.54) is 7.11 Å². The molecule has 134 valence electrons. The highest BCUT2D eigenvalue weighted by molar-refractivity contribution is 6.08. The summed E-state index contributed by atoms with van der Waals surface area (Å²) < 4.78 is 4.20. The van der Waals surface area contributed by atoms with Crippen LogP contribution in [0, 0.1) is 0 Å². The van der Waals surface area contributed by atoms with Gasteiger partial charge in [-0.3, -0.25) is 4.79 Å². The number of esters is 1. The van der Waals surface area contributed by atoms with Gasteiger partial charge in [0, 0.05) is 30.5 Å². The molecule has 6 heteroatoms. The Hall–Kier alpha value is -2.47. The van der Waals surface area contributed by atoms with E-state index in [9.17, 15) is 19.5 Å². The van der Waals surface area contributed by atoms with Crippen molar-refractivity contribution in [3.63, 3.8) is 0 Å². The van der Waals surface area contributed by atoms with Crippen molar-refractivity contribution in [1.82, 2.24) is 4.48 Å². The van der Waals surface area contributed by atoms with Crippen LogP contribution in [0.25, 0.3) is 6.08 Å². The molecule has 0 radical (unpaired) electrons. The number of benzene rings is 1. The highest BCUT2D eigenvalue weighted by Gasteiger charge is 2.60. The van der Waals surface area contributed by atoms with Crippen LogP contribution in [-0.4, -0.2) is 35.6 Å². The number of carboxylic acid groups (broad SMARTS) is 1. The number of Topliss-reactive ketones (excluding diaryl/α,β-unsaturated/α-hetero) is 1. The molecule has 6 nitrogen and oxygen atoms in total. The van der Waals surface area contributed by atoms with Crippen molar-refractivity contribution in [2.75, 3.05) is 7.11 Å². The van der Waals surface area contributed by atoms with Crippen LogP contribution in [0.2, 0.25) is 0 Å². The van der Waals surface area contributed by atoms with Gasteiger partial charge in [-0.15, -0.1) is 4.48 Å². The summed E-state index contributed by atoms with van der Waals surface area (Å²) in [6.07, 6.45) is 1.13. The quantitative estimate of drug-likeness (QED) is 0.666. The number of amides is 1. The molecule has 1 heterocycles. The molecule has 1 unspecified atom stereocenters. The summed E-state index contributed by atoms with van der Waals surface area (Å²) in [5, 5.41) is 10.1. The van der Waals surface area contributed by atoms with E-state index in [-0.39, 0.29) is 17.9 Å². The minimum absolute atomic E-state index is 0.0523. The zero-order chi connectivity index (χ0) is 19.0. The van der Waals surface area contributed by atoms with Gasteiger partial charge in [0.25, 0.3) is 0 Å². The Balaban J connectivity index is 2.71. The summed E-state index contributed by atoms with van der Waals surface area (Å²) in [7, 11) is 1.23. The molecular weight excluding hydrogens is 322 g/mol. The van der Waals surface area contributed by atoms with Crippen LogP contribution in [0.3, 0.4) is 0 Å². The van der Waals surface area contributed by atoms with Gasteiger partial charge in [-0.2, -0.15) is 4.79 Å². The largest absolute Gasteiger partial charge is 0.524 e. The third-order valence-corrected chi connectivity index (χ3v) is 4.59. The number of carbonyl (C=O) groups excluding carboxylic acids is 2. The maximum Gasteiger partial charge on any atom is 0.524 e. The second-order valence-corrected chi connectivity index (χ2v) is 7.11. The van der Waals surface area contributed by atoms with E-state index in [0.29, 0.717) is 17.7 Å². The Morgan fingerprint density at radius 2 is 1.84 bits per heavy atom. The second-order valence-electron chi connectivity index (χ2n) is 7.11. The number of ether oxygens (including phenoxy) is 1. The number of nitrogens with zero attached hydrogens (tertiary/aromatic N) is 1. The van der Waals surface area contributed by atoms with E-state index < -0.39 is 22.1 Å². The maximum atomic E-state index is 12.3. The van der Waals surface area contributed by atoms with Gasteiger partial charge in [-0.1, -0.05) is 13.0 Å². The van der Waals surface area contributed by atoms with Gasteiger partial charge in [0.1, 0.15) is 11.3 Å². The van der Waals surface area contributed by atoms with Crippen molar-refractivity contribution in [3.05, 3.63) is 35.0 Å². The normalized spacial score (nSPS) is 19.2. The van der Waals surface area contributed by atoms with Gasteiger partial charge in [-0.25, -0.2) is 4.79 Å². The first kappa shape index (κ1) is 18.9. The average Bonchev–Trinajstić information content (AvgIpc) is 2.89. The molecule has 0 spiro atoms. The van der Waals surface area contributed by atoms with Crippen molar-refractivity contribution in [3.8, 4) is 0 Å². The molecule has 1 aromatic rings. The molecule has 0 fully saturated rings. The van der Waals surface area contributed by atoms with Crippen molar-refractivity contribution in [2.45, 2.75) is 46.1 Å². The van der Waals surface area contributed by atoms with E-state index in [4.69, 9.17) is 4.74 Å². The van der Waals surface area contributed by atoms with Crippen LogP contribution in [0.15, 0.2) is 23.9 Å². The first-order chi connectivity index (χ1) is 11.6. The van der Waals surface area contributed by atoms with Gasteiger partial charge < -0.3 is 9.84 Å². The molecule has 1 N–H and O–H groups in total. The number of fused-ring (bicyclic) bond motifs is 1. The van der Waals surface area contributed by atoms with Crippen LogP contribution in [0.5, 0.6) is 0 Å². The fourth-order valence-corrected chi connectivity index (χ4v) is 3.38. The number of methoxy groups -OCH3 is 1. The molecule has 1 aromatic carbocycles. The topological polar surface area (TPSA) is 80.7 Å². The third kappa shape index (κ3) is 2.87. The number of rotatable bonds is 4. The molecule has 0 bridgehead atoms. The summed E-state index contributed by atoms with van der Waals surface area (Å²) >= 11 is 0. The van der Waals surface area contributed by atoms with Crippen LogP contribution in [-0.2, 0) is 20.7 Å². The molecule has 25 heavy (non-hydrogen) atoms. The molecule has 2 rings (SSSR count). The Morgan fingerprint density at radius 1 is 1.20 bits per heavy atom. The summed E-state index contributed by atoms with van der Waals surface area (Å²) in [6.45, 7) is 7.10. The lowest BCUT2D eigenvalue weighted by Gasteiger charge is -2.40. The van der Waals surface area contributed by atoms with Gasteiger partial charge in [0.15, 0.2) is 5.69 Å². The molecule has 0 aliphatic carbocycles. The minimum atomic E-state index is -1.15. The van der Waals surface area contributed by atoms with Gasteiger partial charge in [-0.05, 0) is 32.4 Å². The monoisotopic (exact) mass is 346 g/mol. The van der Waals surface area contributed by atoms with Crippen molar-refractivity contribution in [2.24, 2.45) is 0 Å². The zero-order valence-electron chi connectivity index (χ0n) is 15.3. The van der Waals surface area contributed by atoms with Gasteiger partial charge >= 0.3 is 12.1 Å². The fourth-order valence-electron chi connectivity index (χ4n) is 3.38. The highest BCUT2D eigenvalue weighted by atomic mass is 16.5. The Morgan fingerprint density at radius 3 is 2.32 bits per heavy atom. The van der Waals surface area contributed by atoms with Gasteiger partial charge in [0.2, 0.25) is 5.70 Å². The van der Waals surface area contributed by atoms with E-state index in [2.05, 4.69) is 0 Å². The van der Waals surface area contributed by atoms with Crippen molar-refractivity contribution in [1.29, 1.82) is 0 Å². The lowest BCUT2D eigenvalue weighted by molar-refractivity contribution is -0.138. The highest BCUT2D eigenvalue weighted by Crippen LogP contribution is 2.47. The smallest absolute Gasteiger partial charge is 0.462 e. The SMILES string of the molecule is CCC(=O)Cc1ccc2c(c1)C=C(C(=O)OC)[N+]2(C(=O)O)C(C)(C)C. The summed E-state index contributed by atoms with van der Waals surface area (Å²) in [6, 6.07) is 5.22. The summed E-state index contributed by atoms with van der Waals surface area (Å²) in [5.41, 5.74) is 1.15. The minimum Gasteiger partial charge on any atom is -0.462 e. The predicted octanol–water partition coefficient (Wildman–Crippen LogP) is 3.52. The van der Waals surface area contributed by atoms with Crippen LogP contribution >= 0.6 is 0 Å². The second kappa shape index (κ2) is 6.44. The van der Waals surface area contributed by atoms with Gasteiger partial charge in [0.05, 0.1) is 7.11 Å². The van der Waals surface area contributed by atoms with Crippen LogP contribution in [0.1, 0.15) is 45.2 Å². The van der Waals surface area contributed by atoms with E-state index in [0.717, 1.165) is 5.56 Å². The third-order valence-electron chi connectivity index (χ3n) is 4.59. The lowest BCUT2D eigenvalue weighted by atomic mass is 9.98. The fraction of sp³-hybridized carbons (Fsp3) is 0.421. The molecule has 1 amide bonds. The standard InChI is InChI=1S/C19H23NO5/c1-6-14(21)10-12-7-8-15-13(9-12)11-16(17(22)25-5)20(15,18(23)24)19(2,3)4/h7-9,11H,6,10H2,1-5H3/p+1. The summed E-state index contributed by atoms with van der Waals surface area (Å²) in [5.74, 6) is -0.579. The lowest BCUT2D eigenvalue weighted by Crippen LogP contribution is -2.64. The zero-order valence-corrected chi connectivity index (χ0v) is 15.3. The Labute approximate surface area is 147 Å². The predicted molar refractivity (Wildman–Crippen MR) is 95.0 cm³/mol. The van der Waals surface area contributed by atoms with Crippen LogP contribution in [0.4, 0.5) is 10.5 Å². The van der Waals surface area contributed by atoms with E-state index >= 15 is 0 Å².